The lowest BCUT2D eigenvalue weighted by Crippen LogP contribution is -2.44. The highest BCUT2D eigenvalue weighted by molar-refractivity contribution is 5.67. The summed E-state index contributed by atoms with van der Waals surface area (Å²) >= 11 is 0. The second kappa shape index (κ2) is 6.74. The number of rotatable bonds is 6. The molecule has 0 radical (unpaired) electrons. The summed E-state index contributed by atoms with van der Waals surface area (Å²) in [7, 11) is 0. The van der Waals surface area contributed by atoms with Gasteiger partial charge in [-0.3, -0.25) is 4.79 Å². The molecule has 110 valence electrons. The maximum atomic E-state index is 10.8. The zero-order valence-electron chi connectivity index (χ0n) is 12.5. The lowest BCUT2D eigenvalue weighted by molar-refractivity contribution is -0.138. The van der Waals surface area contributed by atoms with Gasteiger partial charge in [0.05, 0.1) is 0 Å². The number of carboxylic acid groups (broad SMARTS) is 1. The van der Waals surface area contributed by atoms with Crippen molar-refractivity contribution in [3.63, 3.8) is 0 Å². The minimum Gasteiger partial charge on any atom is -0.481 e. The van der Waals surface area contributed by atoms with Crippen LogP contribution in [0, 0.1) is 17.8 Å². The van der Waals surface area contributed by atoms with E-state index in [9.17, 15) is 4.79 Å². The van der Waals surface area contributed by atoms with E-state index in [1.165, 1.54) is 45.1 Å². The van der Waals surface area contributed by atoms with Crippen molar-refractivity contribution in [1.29, 1.82) is 0 Å². The monoisotopic (exact) mass is 267 g/mol. The molecule has 3 heteroatoms. The summed E-state index contributed by atoms with van der Waals surface area (Å²) in [6.45, 7) is 6.80. The Morgan fingerprint density at radius 2 is 2.00 bits per heavy atom. The van der Waals surface area contributed by atoms with E-state index in [0.717, 1.165) is 12.5 Å². The Morgan fingerprint density at radius 3 is 2.58 bits per heavy atom. The van der Waals surface area contributed by atoms with E-state index in [-0.39, 0.29) is 0 Å². The van der Waals surface area contributed by atoms with Gasteiger partial charge in [-0.2, -0.15) is 0 Å². The Labute approximate surface area is 117 Å². The number of hydrogen-bond donors (Lipinski definition) is 1. The third-order valence-electron chi connectivity index (χ3n) is 5.31. The van der Waals surface area contributed by atoms with Gasteiger partial charge in [0.25, 0.3) is 0 Å². The molecule has 0 spiro atoms. The van der Waals surface area contributed by atoms with E-state index in [4.69, 9.17) is 5.11 Å². The summed E-state index contributed by atoms with van der Waals surface area (Å²) in [6, 6.07) is 0.685. The summed E-state index contributed by atoms with van der Waals surface area (Å²) < 4.78 is 0. The summed E-state index contributed by atoms with van der Waals surface area (Å²) in [4.78, 5) is 13.5. The molecule has 1 aliphatic heterocycles. The lowest BCUT2D eigenvalue weighted by Gasteiger charge is -2.41. The van der Waals surface area contributed by atoms with E-state index >= 15 is 0 Å². The number of carbonyl (C=O) groups is 1. The molecular formula is C16H29NO2. The van der Waals surface area contributed by atoms with Crippen molar-refractivity contribution in [3.8, 4) is 0 Å². The van der Waals surface area contributed by atoms with E-state index in [1.54, 1.807) is 0 Å². The second-order valence-electron chi connectivity index (χ2n) is 6.85. The van der Waals surface area contributed by atoms with Crippen LogP contribution in [0.5, 0.6) is 0 Å². The van der Waals surface area contributed by atoms with Crippen LogP contribution in [0.15, 0.2) is 0 Å². The van der Waals surface area contributed by atoms with Gasteiger partial charge in [0, 0.05) is 19.0 Å². The Bertz CT molecular complexity index is 301. The minimum atomic E-state index is -0.646. The highest BCUT2D eigenvalue weighted by Gasteiger charge is 2.30. The van der Waals surface area contributed by atoms with Crippen LogP contribution in [0.3, 0.4) is 0 Å². The molecule has 0 aromatic carbocycles. The average Bonchev–Trinajstić information content (AvgIpc) is 2.33. The standard InChI is InChI=1S/C16H29NO2/c1-12(9-16(18)19)15-7-4-8-17(11-15)13(2)10-14-5-3-6-14/h12-15H,3-11H2,1-2H3,(H,18,19). The third-order valence-corrected chi connectivity index (χ3v) is 5.31. The van der Waals surface area contributed by atoms with Crippen LogP contribution >= 0.6 is 0 Å². The average molecular weight is 267 g/mol. The molecule has 1 saturated carbocycles. The molecule has 19 heavy (non-hydrogen) atoms. The molecule has 1 saturated heterocycles. The largest absolute Gasteiger partial charge is 0.481 e. The number of nitrogens with zero attached hydrogens (tertiary/aromatic N) is 1. The summed E-state index contributed by atoms with van der Waals surface area (Å²) in [5.74, 6) is 1.21. The fourth-order valence-corrected chi connectivity index (χ4v) is 3.71. The summed E-state index contributed by atoms with van der Waals surface area (Å²) in [5.41, 5.74) is 0. The zero-order valence-corrected chi connectivity index (χ0v) is 12.5. The van der Waals surface area contributed by atoms with Crippen molar-refractivity contribution in [2.75, 3.05) is 13.1 Å². The SMILES string of the molecule is CC(CC(=O)O)C1CCCN(C(C)CC2CCC2)C1. The van der Waals surface area contributed by atoms with Crippen LogP contribution in [0.2, 0.25) is 0 Å². The molecule has 2 aliphatic rings. The molecular weight excluding hydrogens is 238 g/mol. The fraction of sp³-hybridized carbons (Fsp3) is 0.938. The number of carboxylic acids is 1. The van der Waals surface area contributed by atoms with Crippen molar-refractivity contribution in [1.82, 2.24) is 4.90 Å². The molecule has 0 amide bonds. The third kappa shape index (κ3) is 4.20. The summed E-state index contributed by atoms with van der Waals surface area (Å²) in [6.07, 6.45) is 8.41. The molecule has 2 rings (SSSR count). The molecule has 3 unspecified atom stereocenters. The molecule has 1 N–H and O–H groups in total. The van der Waals surface area contributed by atoms with Gasteiger partial charge in [0.15, 0.2) is 0 Å². The molecule has 2 fully saturated rings. The van der Waals surface area contributed by atoms with Gasteiger partial charge in [-0.05, 0) is 50.5 Å². The molecule has 0 aromatic heterocycles. The quantitative estimate of drug-likeness (QED) is 0.802. The molecule has 1 heterocycles. The molecule has 0 aromatic rings. The van der Waals surface area contributed by atoms with Crippen molar-refractivity contribution in [2.24, 2.45) is 17.8 Å². The topological polar surface area (TPSA) is 40.5 Å². The smallest absolute Gasteiger partial charge is 0.303 e. The Morgan fingerprint density at radius 1 is 1.26 bits per heavy atom. The van der Waals surface area contributed by atoms with Gasteiger partial charge in [-0.25, -0.2) is 0 Å². The van der Waals surface area contributed by atoms with Gasteiger partial charge in [0.1, 0.15) is 0 Å². The maximum Gasteiger partial charge on any atom is 0.303 e. The molecule has 0 bridgehead atoms. The first kappa shape index (κ1) is 14.8. The van der Waals surface area contributed by atoms with Crippen LogP contribution < -0.4 is 0 Å². The normalized spacial score (nSPS) is 28.6. The maximum absolute atomic E-state index is 10.8. The minimum absolute atomic E-state index is 0.316. The van der Waals surface area contributed by atoms with E-state index in [0.29, 0.717) is 24.3 Å². The van der Waals surface area contributed by atoms with E-state index in [2.05, 4.69) is 18.7 Å². The van der Waals surface area contributed by atoms with Gasteiger partial charge in [-0.1, -0.05) is 26.2 Å². The van der Waals surface area contributed by atoms with Gasteiger partial charge in [-0.15, -0.1) is 0 Å². The molecule has 1 aliphatic carbocycles. The van der Waals surface area contributed by atoms with Crippen LogP contribution in [0.25, 0.3) is 0 Å². The molecule has 3 nitrogen and oxygen atoms in total. The Balaban J connectivity index is 1.79. The Kier molecular flexibility index (Phi) is 5.26. The van der Waals surface area contributed by atoms with Crippen molar-refractivity contribution in [3.05, 3.63) is 0 Å². The first-order valence-corrected chi connectivity index (χ1v) is 8.02. The van der Waals surface area contributed by atoms with E-state index in [1.807, 2.05) is 0 Å². The number of aliphatic carboxylic acids is 1. The van der Waals surface area contributed by atoms with Gasteiger partial charge >= 0.3 is 5.97 Å². The van der Waals surface area contributed by atoms with Crippen LogP contribution in [0.4, 0.5) is 0 Å². The van der Waals surface area contributed by atoms with Gasteiger partial charge < -0.3 is 10.0 Å². The van der Waals surface area contributed by atoms with Crippen molar-refractivity contribution < 1.29 is 9.90 Å². The Hall–Kier alpha value is -0.570. The van der Waals surface area contributed by atoms with Crippen molar-refractivity contribution in [2.45, 2.75) is 64.8 Å². The van der Waals surface area contributed by atoms with E-state index < -0.39 is 5.97 Å². The highest BCUT2D eigenvalue weighted by atomic mass is 16.4. The second-order valence-corrected chi connectivity index (χ2v) is 6.85. The predicted octanol–water partition coefficient (Wildman–Crippen LogP) is 3.39. The fourth-order valence-electron chi connectivity index (χ4n) is 3.71. The number of piperidine rings is 1. The lowest BCUT2D eigenvalue weighted by atomic mass is 9.79. The van der Waals surface area contributed by atoms with Gasteiger partial charge in [0.2, 0.25) is 0 Å². The van der Waals surface area contributed by atoms with Crippen LogP contribution in [-0.4, -0.2) is 35.1 Å². The van der Waals surface area contributed by atoms with Crippen LogP contribution in [0.1, 0.15) is 58.8 Å². The van der Waals surface area contributed by atoms with Crippen molar-refractivity contribution >= 4 is 5.97 Å². The number of likely N-dealkylation sites (tertiary alicyclic amines) is 1. The predicted molar refractivity (Wildman–Crippen MR) is 77.1 cm³/mol. The summed E-state index contributed by atoms with van der Waals surface area (Å²) in [5, 5.41) is 8.93. The molecule has 3 atom stereocenters. The number of hydrogen-bond acceptors (Lipinski definition) is 2. The first-order chi connectivity index (χ1) is 9.06. The zero-order chi connectivity index (χ0) is 13.8. The highest BCUT2D eigenvalue weighted by Crippen LogP contribution is 2.33. The van der Waals surface area contributed by atoms with Crippen LogP contribution in [-0.2, 0) is 4.79 Å². The first-order valence-electron chi connectivity index (χ1n) is 8.02.